The zero-order valence-corrected chi connectivity index (χ0v) is 8.29. The molecule has 0 spiro atoms. The molecule has 2 N–H and O–H groups in total. The van der Waals surface area contributed by atoms with E-state index in [9.17, 15) is 0 Å². The first-order valence-electron chi connectivity index (χ1n) is 4.66. The highest BCUT2D eigenvalue weighted by atomic mass is 16.5. The van der Waals surface area contributed by atoms with Gasteiger partial charge in [-0.05, 0) is 24.1 Å². The van der Waals surface area contributed by atoms with Crippen molar-refractivity contribution in [3.63, 3.8) is 0 Å². The summed E-state index contributed by atoms with van der Waals surface area (Å²) in [5, 5.41) is 0. The van der Waals surface area contributed by atoms with Gasteiger partial charge in [-0.1, -0.05) is 25.5 Å². The molecule has 2 nitrogen and oxygen atoms in total. The maximum Gasteiger partial charge on any atom is 0.0821 e. The van der Waals surface area contributed by atoms with Gasteiger partial charge in [0.15, 0.2) is 0 Å². The van der Waals surface area contributed by atoms with Crippen LogP contribution in [0.1, 0.15) is 31.4 Å². The van der Waals surface area contributed by atoms with Crippen molar-refractivity contribution in [3.05, 3.63) is 29.8 Å². The lowest BCUT2D eigenvalue weighted by Crippen LogP contribution is -2.00. The smallest absolute Gasteiger partial charge is 0.0821 e. The highest BCUT2D eigenvalue weighted by Gasteiger charge is 2.07. The number of nitrogen functional groups attached to an aromatic ring is 1. The molecule has 13 heavy (non-hydrogen) atoms. The number of hydrogen-bond acceptors (Lipinski definition) is 2. The van der Waals surface area contributed by atoms with Crippen molar-refractivity contribution in [3.8, 4) is 0 Å². The Hall–Kier alpha value is -1.02. The summed E-state index contributed by atoms with van der Waals surface area (Å²) in [5.74, 6) is 0. The molecule has 0 fully saturated rings. The minimum absolute atomic E-state index is 0.214. The van der Waals surface area contributed by atoms with Crippen LogP contribution in [0.4, 0.5) is 5.69 Å². The fraction of sp³-hybridized carbons (Fsp3) is 0.455. The van der Waals surface area contributed by atoms with Crippen LogP contribution in [0.5, 0.6) is 0 Å². The Bertz CT molecular complexity index is 243. The standard InChI is InChI=1S/C11H17NO/c1-3-4-11(13-2)9-5-7-10(12)8-6-9/h5-8,11H,3-4,12H2,1-2H3. The molecule has 0 aliphatic heterocycles. The van der Waals surface area contributed by atoms with Gasteiger partial charge in [-0.2, -0.15) is 0 Å². The molecular formula is C11H17NO. The third kappa shape index (κ3) is 2.74. The van der Waals surface area contributed by atoms with Crippen molar-refractivity contribution >= 4 is 5.69 Å². The van der Waals surface area contributed by atoms with Crippen LogP contribution in [0.25, 0.3) is 0 Å². The van der Waals surface area contributed by atoms with Crippen LogP contribution >= 0.6 is 0 Å². The quantitative estimate of drug-likeness (QED) is 0.721. The van der Waals surface area contributed by atoms with E-state index in [1.54, 1.807) is 7.11 Å². The van der Waals surface area contributed by atoms with Gasteiger partial charge >= 0.3 is 0 Å². The molecule has 1 aromatic rings. The van der Waals surface area contributed by atoms with Crippen LogP contribution in [0.15, 0.2) is 24.3 Å². The van der Waals surface area contributed by atoms with Crippen molar-refractivity contribution in [2.45, 2.75) is 25.9 Å². The zero-order valence-electron chi connectivity index (χ0n) is 8.29. The number of methoxy groups -OCH3 is 1. The SMILES string of the molecule is CCCC(OC)c1ccc(N)cc1. The van der Waals surface area contributed by atoms with Gasteiger partial charge in [-0.3, -0.25) is 0 Å². The van der Waals surface area contributed by atoms with Crippen LogP contribution in [0.3, 0.4) is 0 Å². The number of anilines is 1. The lowest BCUT2D eigenvalue weighted by molar-refractivity contribution is 0.0950. The van der Waals surface area contributed by atoms with Crippen molar-refractivity contribution in [2.75, 3.05) is 12.8 Å². The summed E-state index contributed by atoms with van der Waals surface area (Å²) in [6, 6.07) is 7.88. The molecule has 0 aromatic heterocycles. The van der Waals surface area contributed by atoms with Crippen LogP contribution in [-0.4, -0.2) is 7.11 Å². The summed E-state index contributed by atoms with van der Waals surface area (Å²) in [7, 11) is 1.75. The minimum Gasteiger partial charge on any atom is -0.399 e. The summed E-state index contributed by atoms with van der Waals surface area (Å²) < 4.78 is 5.38. The van der Waals surface area contributed by atoms with Crippen LogP contribution < -0.4 is 5.73 Å². The minimum atomic E-state index is 0.214. The second kappa shape index (κ2) is 4.87. The molecule has 0 radical (unpaired) electrons. The van der Waals surface area contributed by atoms with Gasteiger partial charge in [0, 0.05) is 12.8 Å². The molecule has 1 atom stereocenters. The summed E-state index contributed by atoms with van der Waals surface area (Å²) in [5.41, 5.74) is 7.61. The Morgan fingerprint density at radius 3 is 2.38 bits per heavy atom. The molecule has 0 aliphatic carbocycles. The first-order chi connectivity index (χ1) is 6.27. The van der Waals surface area contributed by atoms with Gasteiger partial charge < -0.3 is 10.5 Å². The molecule has 72 valence electrons. The number of benzene rings is 1. The van der Waals surface area contributed by atoms with Gasteiger partial charge in [0.2, 0.25) is 0 Å². The topological polar surface area (TPSA) is 35.2 Å². The third-order valence-corrected chi connectivity index (χ3v) is 2.14. The van der Waals surface area contributed by atoms with Crippen molar-refractivity contribution < 1.29 is 4.74 Å². The van der Waals surface area contributed by atoms with E-state index in [4.69, 9.17) is 10.5 Å². The fourth-order valence-electron chi connectivity index (χ4n) is 1.39. The van der Waals surface area contributed by atoms with E-state index < -0.39 is 0 Å². The van der Waals surface area contributed by atoms with Crippen molar-refractivity contribution in [2.24, 2.45) is 0 Å². The Morgan fingerprint density at radius 2 is 1.92 bits per heavy atom. The number of nitrogens with two attached hydrogens (primary N) is 1. The summed E-state index contributed by atoms with van der Waals surface area (Å²) in [4.78, 5) is 0. The number of rotatable bonds is 4. The second-order valence-corrected chi connectivity index (χ2v) is 3.18. The molecule has 0 aliphatic rings. The monoisotopic (exact) mass is 179 g/mol. The van der Waals surface area contributed by atoms with Gasteiger partial charge in [0.05, 0.1) is 6.10 Å². The first-order valence-corrected chi connectivity index (χ1v) is 4.66. The van der Waals surface area contributed by atoms with E-state index in [2.05, 4.69) is 6.92 Å². The average Bonchev–Trinajstić information content (AvgIpc) is 2.16. The summed E-state index contributed by atoms with van der Waals surface area (Å²) in [6.07, 6.45) is 2.40. The van der Waals surface area contributed by atoms with E-state index in [-0.39, 0.29) is 6.10 Å². The van der Waals surface area contributed by atoms with E-state index in [0.717, 1.165) is 18.5 Å². The van der Waals surface area contributed by atoms with Gasteiger partial charge in [0.25, 0.3) is 0 Å². The average molecular weight is 179 g/mol. The molecule has 1 unspecified atom stereocenters. The van der Waals surface area contributed by atoms with E-state index in [1.807, 2.05) is 24.3 Å². The maximum absolute atomic E-state index is 5.60. The molecular weight excluding hydrogens is 162 g/mol. The third-order valence-electron chi connectivity index (χ3n) is 2.14. The molecule has 0 heterocycles. The summed E-state index contributed by atoms with van der Waals surface area (Å²) >= 11 is 0. The Kier molecular flexibility index (Phi) is 3.77. The largest absolute Gasteiger partial charge is 0.399 e. The van der Waals surface area contributed by atoms with Gasteiger partial charge in [-0.15, -0.1) is 0 Å². The Labute approximate surface area is 79.7 Å². The molecule has 0 saturated carbocycles. The molecule has 2 heteroatoms. The fourth-order valence-corrected chi connectivity index (χ4v) is 1.39. The predicted octanol–water partition coefficient (Wildman–Crippen LogP) is 2.76. The number of ether oxygens (including phenoxy) is 1. The highest BCUT2D eigenvalue weighted by Crippen LogP contribution is 2.22. The van der Waals surface area contributed by atoms with E-state index in [1.165, 1.54) is 5.56 Å². The molecule has 1 aromatic carbocycles. The van der Waals surface area contributed by atoms with Gasteiger partial charge in [0.1, 0.15) is 0 Å². The Balaban J connectivity index is 2.73. The van der Waals surface area contributed by atoms with E-state index in [0.29, 0.717) is 0 Å². The maximum atomic E-state index is 5.60. The molecule has 0 amide bonds. The first kappa shape index (κ1) is 10.1. The molecule has 0 bridgehead atoms. The van der Waals surface area contributed by atoms with Crippen LogP contribution in [0, 0.1) is 0 Å². The van der Waals surface area contributed by atoms with Gasteiger partial charge in [-0.25, -0.2) is 0 Å². The predicted molar refractivity (Wildman–Crippen MR) is 55.5 cm³/mol. The van der Waals surface area contributed by atoms with Crippen molar-refractivity contribution in [1.29, 1.82) is 0 Å². The zero-order chi connectivity index (χ0) is 9.68. The lowest BCUT2D eigenvalue weighted by Gasteiger charge is -2.14. The molecule has 0 saturated heterocycles. The molecule has 1 rings (SSSR count). The lowest BCUT2D eigenvalue weighted by atomic mass is 10.1. The highest BCUT2D eigenvalue weighted by molar-refractivity contribution is 5.39. The van der Waals surface area contributed by atoms with Crippen LogP contribution in [0.2, 0.25) is 0 Å². The van der Waals surface area contributed by atoms with Crippen molar-refractivity contribution in [1.82, 2.24) is 0 Å². The Morgan fingerprint density at radius 1 is 1.31 bits per heavy atom. The second-order valence-electron chi connectivity index (χ2n) is 3.18. The number of hydrogen-bond donors (Lipinski definition) is 1. The van der Waals surface area contributed by atoms with E-state index >= 15 is 0 Å². The van der Waals surface area contributed by atoms with Crippen LogP contribution in [-0.2, 0) is 4.74 Å². The normalized spacial score (nSPS) is 12.8. The summed E-state index contributed by atoms with van der Waals surface area (Å²) in [6.45, 7) is 2.16.